The van der Waals surface area contributed by atoms with Crippen molar-refractivity contribution >= 4 is 53.3 Å². The second-order valence-electron chi connectivity index (χ2n) is 4.14. The minimum absolute atomic E-state index is 0.140. The summed E-state index contributed by atoms with van der Waals surface area (Å²) in [5.74, 6) is 0.407. The molecule has 0 saturated heterocycles. The van der Waals surface area contributed by atoms with E-state index in [0.717, 1.165) is 4.47 Å². The van der Waals surface area contributed by atoms with E-state index in [4.69, 9.17) is 10.5 Å². The Balaban J connectivity index is 2.37. The molecule has 0 aliphatic heterocycles. The van der Waals surface area contributed by atoms with Gasteiger partial charge in [-0.3, -0.25) is 4.72 Å². The number of rotatable bonds is 4. The third-order valence-electron chi connectivity index (χ3n) is 2.67. The molecule has 0 unspecified atom stereocenters. The number of nitrogen functional groups attached to an aromatic ring is 1. The fourth-order valence-electron chi connectivity index (χ4n) is 1.68. The molecule has 0 atom stereocenters. The van der Waals surface area contributed by atoms with Crippen molar-refractivity contribution in [3.8, 4) is 5.75 Å². The lowest BCUT2D eigenvalue weighted by Crippen LogP contribution is -2.13. The number of benzene rings is 2. The van der Waals surface area contributed by atoms with Gasteiger partial charge in [0.25, 0.3) is 10.0 Å². The van der Waals surface area contributed by atoms with Crippen LogP contribution in [0.4, 0.5) is 11.4 Å². The Labute approximate surface area is 139 Å². The Morgan fingerprint density at radius 3 is 2.48 bits per heavy atom. The SMILES string of the molecule is COc1cc(NS(=O)(=O)c2ccc(Br)cc2Br)ccc1N. The van der Waals surface area contributed by atoms with Crippen LogP contribution < -0.4 is 15.2 Å². The summed E-state index contributed by atoms with van der Waals surface area (Å²) in [6, 6.07) is 9.50. The van der Waals surface area contributed by atoms with Gasteiger partial charge in [-0.1, -0.05) is 15.9 Å². The quantitative estimate of drug-likeness (QED) is 0.718. The molecule has 3 N–H and O–H groups in total. The van der Waals surface area contributed by atoms with Crippen LogP contribution in [0.1, 0.15) is 0 Å². The van der Waals surface area contributed by atoms with Gasteiger partial charge < -0.3 is 10.5 Å². The molecule has 0 bridgehead atoms. The number of halogens is 2. The highest BCUT2D eigenvalue weighted by Gasteiger charge is 2.18. The van der Waals surface area contributed by atoms with Gasteiger partial charge in [0, 0.05) is 15.0 Å². The number of ether oxygens (including phenoxy) is 1. The monoisotopic (exact) mass is 434 g/mol. The summed E-state index contributed by atoms with van der Waals surface area (Å²) in [5.41, 5.74) is 6.51. The zero-order valence-corrected chi connectivity index (χ0v) is 14.9. The molecule has 0 aromatic heterocycles. The Bertz CT molecular complexity index is 779. The molecule has 0 heterocycles. The lowest BCUT2D eigenvalue weighted by Gasteiger charge is -2.12. The molecule has 0 radical (unpaired) electrons. The van der Waals surface area contributed by atoms with Crippen LogP contribution in [0.3, 0.4) is 0 Å². The van der Waals surface area contributed by atoms with E-state index in [-0.39, 0.29) is 4.90 Å². The molecule has 0 spiro atoms. The first-order chi connectivity index (χ1) is 9.83. The highest BCUT2D eigenvalue weighted by atomic mass is 79.9. The van der Waals surface area contributed by atoms with Gasteiger partial charge in [0.2, 0.25) is 0 Å². The fraction of sp³-hybridized carbons (Fsp3) is 0.0769. The van der Waals surface area contributed by atoms with Gasteiger partial charge in [-0.2, -0.15) is 0 Å². The van der Waals surface area contributed by atoms with Crippen molar-refractivity contribution in [3.05, 3.63) is 45.3 Å². The first-order valence-electron chi connectivity index (χ1n) is 5.75. The second-order valence-corrected chi connectivity index (χ2v) is 7.56. The third kappa shape index (κ3) is 3.69. The molecule has 0 fully saturated rings. The summed E-state index contributed by atoms with van der Waals surface area (Å²) in [5, 5.41) is 0. The van der Waals surface area contributed by atoms with E-state index < -0.39 is 10.0 Å². The number of nitrogens with one attached hydrogen (secondary N) is 1. The van der Waals surface area contributed by atoms with Gasteiger partial charge in [0.1, 0.15) is 10.6 Å². The lowest BCUT2D eigenvalue weighted by molar-refractivity contribution is 0.417. The summed E-state index contributed by atoms with van der Waals surface area (Å²) in [7, 11) is -2.25. The number of methoxy groups -OCH3 is 1. The minimum Gasteiger partial charge on any atom is -0.495 e. The van der Waals surface area contributed by atoms with Crippen LogP contribution in [0, 0.1) is 0 Å². The van der Waals surface area contributed by atoms with Crippen LogP contribution in [0.15, 0.2) is 50.2 Å². The molecular formula is C13H12Br2N2O3S. The maximum atomic E-state index is 12.4. The van der Waals surface area contributed by atoms with Gasteiger partial charge >= 0.3 is 0 Å². The van der Waals surface area contributed by atoms with Crippen molar-refractivity contribution in [1.29, 1.82) is 0 Å². The maximum absolute atomic E-state index is 12.4. The van der Waals surface area contributed by atoms with Gasteiger partial charge in [0.15, 0.2) is 0 Å². The standard InChI is InChI=1S/C13H12Br2N2O3S/c1-20-12-7-9(3-4-11(12)16)17-21(18,19)13-5-2-8(14)6-10(13)15/h2-7,17H,16H2,1H3. The van der Waals surface area contributed by atoms with Gasteiger partial charge in [0.05, 0.1) is 18.5 Å². The van der Waals surface area contributed by atoms with Crippen molar-refractivity contribution in [2.24, 2.45) is 0 Å². The zero-order valence-electron chi connectivity index (χ0n) is 10.9. The van der Waals surface area contributed by atoms with E-state index in [0.29, 0.717) is 21.6 Å². The average molecular weight is 436 g/mol. The van der Waals surface area contributed by atoms with Crippen molar-refractivity contribution in [3.63, 3.8) is 0 Å². The van der Waals surface area contributed by atoms with Crippen LogP contribution in [0.25, 0.3) is 0 Å². The summed E-state index contributed by atoms with van der Waals surface area (Å²) in [6.07, 6.45) is 0. The molecule has 8 heteroatoms. The lowest BCUT2D eigenvalue weighted by atomic mass is 10.2. The molecule has 2 aromatic carbocycles. The zero-order chi connectivity index (χ0) is 15.6. The van der Waals surface area contributed by atoms with Crippen LogP contribution >= 0.6 is 31.9 Å². The molecule has 112 valence electrons. The van der Waals surface area contributed by atoms with E-state index in [1.807, 2.05) is 0 Å². The van der Waals surface area contributed by atoms with E-state index in [1.54, 1.807) is 24.3 Å². The Kier molecular flexibility index (Phi) is 4.80. The van der Waals surface area contributed by atoms with Crippen LogP contribution in [-0.4, -0.2) is 15.5 Å². The predicted molar refractivity (Wildman–Crippen MR) is 90.1 cm³/mol. The minimum atomic E-state index is -3.71. The molecule has 0 aliphatic rings. The Morgan fingerprint density at radius 2 is 1.86 bits per heavy atom. The molecule has 0 aliphatic carbocycles. The number of nitrogens with two attached hydrogens (primary N) is 1. The van der Waals surface area contributed by atoms with E-state index in [2.05, 4.69) is 36.6 Å². The Morgan fingerprint density at radius 1 is 1.14 bits per heavy atom. The maximum Gasteiger partial charge on any atom is 0.263 e. The van der Waals surface area contributed by atoms with Crippen LogP contribution in [-0.2, 0) is 10.0 Å². The topological polar surface area (TPSA) is 81.4 Å². The third-order valence-corrected chi connectivity index (χ3v) is 5.52. The van der Waals surface area contributed by atoms with Crippen LogP contribution in [0.5, 0.6) is 5.75 Å². The van der Waals surface area contributed by atoms with E-state index >= 15 is 0 Å². The van der Waals surface area contributed by atoms with Gasteiger partial charge in [-0.15, -0.1) is 0 Å². The molecule has 2 rings (SSSR count). The smallest absolute Gasteiger partial charge is 0.263 e. The summed E-state index contributed by atoms with van der Waals surface area (Å²) in [4.78, 5) is 0.140. The molecular weight excluding hydrogens is 424 g/mol. The Hall–Kier alpha value is -1.25. The van der Waals surface area contributed by atoms with E-state index in [1.165, 1.54) is 19.2 Å². The summed E-state index contributed by atoms with van der Waals surface area (Å²) < 4.78 is 33.6. The summed E-state index contributed by atoms with van der Waals surface area (Å²) in [6.45, 7) is 0. The molecule has 5 nitrogen and oxygen atoms in total. The normalized spacial score (nSPS) is 11.2. The van der Waals surface area contributed by atoms with Gasteiger partial charge in [-0.05, 0) is 46.3 Å². The second kappa shape index (κ2) is 6.25. The average Bonchev–Trinajstić information content (AvgIpc) is 2.40. The molecule has 0 saturated carbocycles. The highest BCUT2D eigenvalue weighted by Crippen LogP contribution is 2.29. The van der Waals surface area contributed by atoms with Gasteiger partial charge in [-0.25, -0.2) is 8.42 Å². The van der Waals surface area contributed by atoms with Crippen LogP contribution in [0.2, 0.25) is 0 Å². The van der Waals surface area contributed by atoms with Crippen molar-refractivity contribution in [2.75, 3.05) is 17.6 Å². The highest BCUT2D eigenvalue weighted by molar-refractivity contribution is 9.11. The first kappa shape index (κ1) is 16.1. The van der Waals surface area contributed by atoms with Crippen molar-refractivity contribution < 1.29 is 13.2 Å². The molecule has 21 heavy (non-hydrogen) atoms. The molecule has 2 aromatic rings. The largest absolute Gasteiger partial charge is 0.495 e. The number of sulfonamides is 1. The number of anilines is 2. The van der Waals surface area contributed by atoms with E-state index in [9.17, 15) is 8.42 Å². The number of hydrogen-bond donors (Lipinski definition) is 2. The number of hydrogen-bond acceptors (Lipinski definition) is 4. The first-order valence-corrected chi connectivity index (χ1v) is 8.82. The fourth-order valence-corrected chi connectivity index (χ4v) is 4.47. The van der Waals surface area contributed by atoms with Crippen molar-refractivity contribution in [2.45, 2.75) is 4.90 Å². The predicted octanol–water partition coefficient (Wildman–Crippen LogP) is 3.60. The summed E-state index contributed by atoms with van der Waals surface area (Å²) >= 11 is 6.52. The van der Waals surface area contributed by atoms with Crippen molar-refractivity contribution in [1.82, 2.24) is 0 Å². The molecule has 0 amide bonds.